The smallest absolute Gasteiger partial charge is 0.259 e. The number of amides is 1. The molecule has 1 heterocycles. The quantitative estimate of drug-likeness (QED) is 0.856. The van der Waals surface area contributed by atoms with Crippen molar-refractivity contribution >= 4 is 17.3 Å². The summed E-state index contributed by atoms with van der Waals surface area (Å²) in [7, 11) is 0. The van der Waals surface area contributed by atoms with E-state index in [-0.39, 0.29) is 5.91 Å². The van der Waals surface area contributed by atoms with Crippen LogP contribution >= 0.6 is 0 Å². The summed E-state index contributed by atoms with van der Waals surface area (Å²) in [6.07, 6.45) is 1.45. The molecule has 0 atom stereocenters. The minimum Gasteiger partial charge on any atom is -0.398 e. The van der Waals surface area contributed by atoms with Crippen LogP contribution in [0.4, 0.5) is 11.4 Å². The Morgan fingerprint density at radius 2 is 2.05 bits per heavy atom. The summed E-state index contributed by atoms with van der Waals surface area (Å²) >= 11 is 0. The lowest BCUT2D eigenvalue weighted by Crippen LogP contribution is -2.14. The maximum Gasteiger partial charge on any atom is 0.259 e. The summed E-state index contributed by atoms with van der Waals surface area (Å²) in [4.78, 5) is 16.1. The van der Waals surface area contributed by atoms with Gasteiger partial charge in [0.1, 0.15) is 0 Å². The van der Waals surface area contributed by atoms with E-state index >= 15 is 0 Å². The number of nitriles is 1. The van der Waals surface area contributed by atoms with E-state index in [4.69, 9.17) is 11.0 Å². The van der Waals surface area contributed by atoms with Crippen molar-refractivity contribution in [2.75, 3.05) is 11.1 Å². The Hall–Kier alpha value is -2.87. The summed E-state index contributed by atoms with van der Waals surface area (Å²) in [5.74, 6) is -0.324. The number of benzene rings is 1. The minimum absolute atomic E-state index is 0.324. The molecule has 0 unspecified atom stereocenters. The fraction of sp³-hybridized carbons (Fsp3) is 0.0714. The fourth-order valence-electron chi connectivity index (χ4n) is 1.60. The fourth-order valence-corrected chi connectivity index (χ4v) is 1.60. The third-order valence-corrected chi connectivity index (χ3v) is 2.59. The van der Waals surface area contributed by atoms with Crippen LogP contribution in [0.25, 0.3) is 0 Å². The van der Waals surface area contributed by atoms with Crippen LogP contribution in [-0.4, -0.2) is 10.9 Å². The number of aromatic nitrogens is 1. The van der Waals surface area contributed by atoms with E-state index in [0.717, 1.165) is 5.69 Å². The van der Waals surface area contributed by atoms with Crippen LogP contribution in [0.1, 0.15) is 21.6 Å². The maximum absolute atomic E-state index is 12.0. The van der Waals surface area contributed by atoms with Gasteiger partial charge in [-0.25, -0.2) is 0 Å². The zero-order chi connectivity index (χ0) is 13.8. The topological polar surface area (TPSA) is 91.8 Å². The van der Waals surface area contributed by atoms with E-state index in [9.17, 15) is 4.79 Å². The number of carbonyl (C=O) groups is 1. The van der Waals surface area contributed by atoms with Gasteiger partial charge in [0.05, 0.1) is 17.2 Å². The number of carbonyl (C=O) groups excluding carboxylic acids is 1. The van der Waals surface area contributed by atoms with Crippen molar-refractivity contribution in [3.05, 3.63) is 53.3 Å². The van der Waals surface area contributed by atoms with Crippen LogP contribution < -0.4 is 11.1 Å². The van der Waals surface area contributed by atoms with Crippen LogP contribution in [-0.2, 0) is 0 Å². The second-order valence-electron chi connectivity index (χ2n) is 4.06. The minimum atomic E-state index is -0.324. The van der Waals surface area contributed by atoms with Crippen molar-refractivity contribution in [3.8, 4) is 6.07 Å². The van der Waals surface area contributed by atoms with Crippen molar-refractivity contribution in [2.24, 2.45) is 0 Å². The van der Waals surface area contributed by atoms with Gasteiger partial charge in [-0.3, -0.25) is 9.78 Å². The van der Waals surface area contributed by atoms with Gasteiger partial charge in [-0.1, -0.05) is 0 Å². The average Bonchev–Trinajstić information content (AvgIpc) is 2.39. The molecule has 5 heteroatoms. The molecule has 0 aliphatic rings. The molecule has 0 radical (unpaired) electrons. The number of aryl methyl sites for hydroxylation is 1. The van der Waals surface area contributed by atoms with Gasteiger partial charge in [0, 0.05) is 23.3 Å². The third-order valence-electron chi connectivity index (χ3n) is 2.59. The normalized spacial score (nSPS) is 9.68. The Labute approximate surface area is 110 Å². The van der Waals surface area contributed by atoms with E-state index in [2.05, 4.69) is 10.3 Å². The second kappa shape index (κ2) is 5.19. The molecule has 2 aromatic rings. The average molecular weight is 252 g/mol. The zero-order valence-corrected chi connectivity index (χ0v) is 10.3. The number of anilines is 2. The van der Waals surface area contributed by atoms with Gasteiger partial charge in [-0.15, -0.1) is 0 Å². The van der Waals surface area contributed by atoms with Crippen LogP contribution in [0.2, 0.25) is 0 Å². The monoisotopic (exact) mass is 252 g/mol. The van der Waals surface area contributed by atoms with Gasteiger partial charge in [0.25, 0.3) is 5.91 Å². The first-order valence-corrected chi connectivity index (χ1v) is 5.64. The van der Waals surface area contributed by atoms with Crippen molar-refractivity contribution in [2.45, 2.75) is 6.92 Å². The lowest BCUT2D eigenvalue weighted by molar-refractivity contribution is 0.102. The largest absolute Gasteiger partial charge is 0.398 e. The molecule has 0 fully saturated rings. The van der Waals surface area contributed by atoms with E-state index in [1.807, 2.05) is 6.07 Å². The predicted octanol–water partition coefficient (Wildman–Crippen LogP) is 2.10. The zero-order valence-electron chi connectivity index (χ0n) is 10.3. The highest BCUT2D eigenvalue weighted by Gasteiger charge is 2.10. The molecule has 1 aromatic heterocycles. The van der Waals surface area contributed by atoms with E-state index in [0.29, 0.717) is 22.5 Å². The molecule has 0 bridgehead atoms. The highest BCUT2D eigenvalue weighted by atomic mass is 16.1. The van der Waals surface area contributed by atoms with Crippen molar-refractivity contribution in [3.63, 3.8) is 0 Å². The Morgan fingerprint density at radius 1 is 1.37 bits per heavy atom. The van der Waals surface area contributed by atoms with E-state index in [1.54, 1.807) is 37.3 Å². The van der Waals surface area contributed by atoms with Crippen LogP contribution in [0.5, 0.6) is 0 Å². The van der Waals surface area contributed by atoms with E-state index < -0.39 is 0 Å². The summed E-state index contributed by atoms with van der Waals surface area (Å²) in [6, 6.07) is 10.2. The highest BCUT2D eigenvalue weighted by Crippen LogP contribution is 2.15. The Kier molecular flexibility index (Phi) is 3.44. The molecule has 1 aromatic carbocycles. The van der Waals surface area contributed by atoms with Gasteiger partial charge in [-0.05, 0) is 37.3 Å². The third kappa shape index (κ3) is 2.87. The summed E-state index contributed by atoms with van der Waals surface area (Å²) in [5.41, 5.74) is 8.39. The van der Waals surface area contributed by atoms with Gasteiger partial charge < -0.3 is 11.1 Å². The molecule has 0 aliphatic carbocycles. The Bertz CT molecular complexity index is 656. The molecule has 5 nitrogen and oxygen atoms in total. The first-order valence-electron chi connectivity index (χ1n) is 5.64. The first-order chi connectivity index (χ1) is 9.10. The van der Waals surface area contributed by atoms with Crippen LogP contribution in [0.3, 0.4) is 0 Å². The summed E-state index contributed by atoms with van der Waals surface area (Å²) < 4.78 is 0. The van der Waals surface area contributed by atoms with Gasteiger partial charge in [0.15, 0.2) is 0 Å². The second-order valence-corrected chi connectivity index (χ2v) is 4.06. The lowest BCUT2D eigenvalue weighted by atomic mass is 10.2. The number of nitrogens with two attached hydrogens (primary N) is 1. The molecule has 19 heavy (non-hydrogen) atoms. The van der Waals surface area contributed by atoms with Crippen molar-refractivity contribution in [1.29, 1.82) is 5.26 Å². The number of nitrogens with one attached hydrogen (secondary N) is 1. The molecule has 0 aliphatic heterocycles. The molecule has 0 saturated carbocycles. The van der Waals surface area contributed by atoms with Gasteiger partial charge in [0.2, 0.25) is 0 Å². The molecule has 94 valence electrons. The van der Waals surface area contributed by atoms with Gasteiger partial charge >= 0.3 is 0 Å². The predicted molar refractivity (Wildman–Crippen MR) is 72.5 cm³/mol. The Morgan fingerprint density at radius 3 is 2.63 bits per heavy atom. The molecule has 0 spiro atoms. The highest BCUT2D eigenvalue weighted by molar-refractivity contribution is 6.07. The van der Waals surface area contributed by atoms with Crippen molar-refractivity contribution < 1.29 is 4.79 Å². The standard InChI is InChI=1S/C14H12N4O/c1-9-6-13(16)12(8-17-9)14(19)18-11-4-2-10(7-15)3-5-11/h2-6,8H,1H3,(H2,16,17)(H,18,19). The number of nitrogen functional groups attached to an aromatic ring is 1. The molecule has 2 rings (SSSR count). The molecule has 1 amide bonds. The van der Waals surface area contributed by atoms with Crippen LogP contribution in [0.15, 0.2) is 36.5 Å². The summed E-state index contributed by atoms with van der Waals surface area (Å²) in [6.45, 7) is 1.80. The number of nitrogens with zero attached hydrogens (tertiary/aromatic N) is 2. The first kappa shape index (κ1) is 12.6. The molecule has 3 N–H and O–H groups in total. The molecule has 0 saturated heterocycles. The number of rotatable bonds is 2. The lowest BCUT2D eigenvalue weighted by Gasteiger charge is -2.07. The number of hydrogen-bond acceptors (Lipinski definition) is 4. The van der Waals surface area contributed by atoms with E-state index in [1.165, 1.54) is 6.20 Å². The van der Waals surface area contributed by atoms with Crippen LogP contribution in [0, 0.1) is 18.3 Å². The van der Waals surface area contributed by atoms with Gasteiger partial charge in [-0.2, -0.15) is 5.26 Å². The Balaban J connectivity index is 2.18. The summed E-state index contributed by atoms with van der Waals surface area (Å²) in [5, 5.41) is 11.4. The molecular formula is C14H12N4O. The number of hydrogen-bond donors (Lipinski definition) is 2. The SMILES string of the molecule is Cc1cc(N)c(C(=O)Nc2ccc(C#N)cc2)cn1. The molecular weight excluding hydrogens is 240 g/mol. The maximum atomic E-state index is 12.0. The number of pyridine rings is 1. The van der Waals surface area contributed by atoms with Crippen molar-refractivity contribution in [1.82, 2.24) is 4.98 Å².